The van der Waals surface area contributed by atoms with Gasteiger partial charge in [0, 0.05) is 42.8 Å². The van der Waals surface area contributed by atoms with Gasteiger partial charge in [-0.05, 0) is 68.7 Å². The molecule has 1 N–H and O–H groups in total. The summed E-state index contributed by atoms with van der Waals surface area (Å²) in [5.41, 5.74) is 2.86. The largest absolute Gasteiger partial charge is 0.506 e. The molecule has 0 bridgehead atoms. The minimum atomic E-state index is -0.437. The number of hydrogen-bond acceptors (Lipinski definition) is 4. The Morgan fingerprint density at radius 3 is 2.74 bits per heavy atom. The number of aromatic nitrogens is 2. The van der Waals surface area contributed by atoms with E-state index in [2.05, 4.69) is 16.9 Å². The third-order valence-corrected chi connectivity index (χ3v) is 6.86. The third-order valence-electron chi connectivity index (χ3n) is 6.86. The minimum absolute atomic E-state index is 0. The number of amides is 1. The number of carbonyl (C=O) groups is 1. The van der Waals surface area contributed by atoms with E-state index in [1.54, 1.807) is 40.1 Å². The number of hydrogen-bond donors (Lipinski definition) is 1. The molecule has 2 unspecified atom stereocenters. The maximum absolute atomic E-state index is 13.9. The summed E-state index contributed by atoms with van der Waals surface area (Å²) < 4.78 is 15.6. The van der Waals surface area contributed by atoms with Crippen LogP contribution in [-0.2, 0) is 11.3 Å². The lowest BCUT2D eigenvalue weighted by molar-refractivity contribution is -0.114. The van der Waals surface area contributed by atoms with Crippen LogP contribution in [0.15, 0.2) is 66.9 Å². The molecule has 1 aromatic heterocycles. The number of rotatable bonds is 4. The third kappa shape index (κ3) is 4.21. The van der Waals surface area contributed by atoms with Crippen molar-refractivity contribution in [3.05, 3.63) is 84.0 Å². The topological polar surface area (TPSA) is 61.6 Å². The Hall–Kier alpha value is -3.16. The van der Waals surface area contributed by atoms with Gasteiger partial charge in [0.15, 0.2) is 0 Å². The maximum atomic E-state index is 13.9. The van der Waals surface area contributed by atoms with Crippen molar-refractivity contribution < 1.29 is 14.3 Å². The first-order valence-electron chi connectivity index (χ1n) is 11.2. The molecule has 3 aromatic rings. The molecule has 0 radical (unpaired) electrons. The van der Waals surface area contributed by atoms with Gasteiger partial charge in [-0.25, -0.2) is 9.07 Å². The second kappa shape index (κ2) is 9.24. The first-order chi connectivity index (χ1) is 15.9. The monoisotopic (exact) mass is 482 g/mol. The molecule has 8 heteroatoms. The molecule has 2 aliphatic heterocycles. The van der Waals surface area contributed by atoms with Gasteiger partial charge in [0.05, 0.1) is 5.54 Å². The fraction of sp³-hybridized carbons (Fsp3) is 0.308. The summed E-state index contributed by atoms with van der Waals surface area (Å²) in [7, 11) is 0. The summed E-state index contributed by atoms with van der Waals surface area (Å²) >= 11 is 0. The van der Waals surface area contributed by atoms with Crippen LogP contribution in [0, 0.1) is 12.7 Å². The predicted octanol–water partition coefficient (Wildman–Crippen LogP) is 4.77. The Balaban J connectivity index is 0.00000274. The van der Waals surface area contributed by atoms with Crippen LogP contribution in [0.4, 0.5) is 10.1 Å². The van der Waals surface area contributed by atoms with Crippen molar-refractivity contribution in [2.75, 3.05) is 11.4 Å². The van der Waals surface area contributed by atoms with E-state index in [0.717, 1.165) is 37.2 Å². The van der Waals surface area contributed by atoms with Crippen molar-refractivity contribution in [3.63, 3.8) is 0 Å². The van der Waals surface area contributed by atoms with E-state index >= 15 is 0 Å². The molecule has 1 fully saturated rings. The number of anilines is 1. The number of phenols is 1. The Kier molecular flexibility index (Phi) is 6.51. The molecule has 2 aliphatic rings. The number of phenolic OH excluding ortho intramolecular Hbond substituents is 1. The lowest BCUT2D eigenvalue weighted by Gasteiger charge is -2.47. The molecule has 1 amide bonds. The number of benzene rings is 2. The Bertz CT molecular complexity index is 1240. The molecule has 34 heavy (non-hydrogen) atoms. The Morgan fingerprint density at radius 2 is 2.03 bits per heavy atom. The number of halogens is 2. The molecule has 2 aromatic carbocycles. The lowest BCUT2D eigenvalue weighted by Crippen LogP contribution is -2.56. The van der Waals surface area contributed by atoms with Crippen molar-refractivity contribution >= 4 is 24.0 Å². The first-order valence-corrected chi connectivity index (χ1v) is 11.2. The predicted molar refractivity (Wildman–Crippen MR) is 132 cm³/mol. The molecule has 0 saturated carbocycles. The second-order valence-corrected chi connectivity index (χ2v) is 9.07. The first kappa shape index (κ1) is 24.0. The van der Waals surface area contributed by atoms with Crippen molar-refractivity contribution in [2.24, 2.45) is 0 Å². The summed E-state index contributed by atoms with van der Waals surface area (Å²) in [6.07, 6.45) is 6.85. The SMILES string of the molecule is Cc1ccnn1-c1cc(CN2CCC3(C=CC(=O)N3c3cccc(F)c3)CC2C)ccc1O.Cl. The average Bonchev–Trinajstić information content (AvgIpc) is 3.34. The van der Waals surface area contributed by atoms with Gasteiger partial charge >= 0.3 is 0 Å². The number of nitrogens with zero attached hydrogens (tertiary/aromatic N) is 4. The molecular formula is C26H28ClFN4O2. The van der Waals surface area contributed by atoms with Gasteiger partial charge in [0.2, 0.25) is 0 Å². The average molecular weight is 483 g/mol. The fourth-order valence-corrected chi connectivity index (χ4v) is 5.18. The van der Waals surface area contributed by atoms with E-state index in [-0.39, 0.29) is 35.9 Å². The highest BCUT2D eigenvalue weighted by Crippen LogP contribution is 2.41. The molecule has 1 spiro atoms. The van der Waals surface area contributed by atoms with Crippen LogP contribution in [0.1, 0.15) is 31.0 Å². The summed E-state index contributed by atoms with van der Waals surface area (Å²) in [6.45, 7) is 5.64. The van der Waals surface area contributed by atoms with Gasteiger partial charge in [0.1, 0.15) is 17.3 Å². The highest BCUT2D eigenvalue weighted by atomic mass is 35.5. The molecule has 178 valence electrons. The highest BCUT2D eigenvalue weighted by Gasteiger charge is 2.46. The molecular weight excluding hydrogens is 455 g/mol. The second-order valence-electron chi connectivity index (χ2n) is 9.07. The van der Waals surface area contributed by atoms with E-state index < -0.39 is 5.54 Å². The minimum Gasteiger partial charge on any atom is -0.506 e. The van der Waals surface area contributed by atoms with E-state index in [0.29, 0.717) is 11.4 Å². The van der Waals surface area contributed by atoms with Crippen molar-refractivity contribution in [3.8, 4) is 11.4 Å². The number of likely N-dealkylation sites (tertiary alicyclic amines) is 1. The van der Waals surface area contributed by atoms with Gasteiger partial charge in [-0.1, -0.05) is 18.2 Å². The van der Waals surface area contributed by atoms with Gasteiger partial charge in [-0.15, -0.1) is 12.4 Å². The molecule has 0 aliphatic carbocycles. The zero-order chi connectivity index (χ0) is 23.2. The zero-order valence-electron chi connectivity index (χ0n) is 19.2. The standard InChI is InChI=1S/C26H27FN4O2.ClH/c1-18-9-12-28-31(18)23-14-20(6-7-24(23)32)17-29-13-11-26(16-19(29)2)10-8-25(33)30(26)22-5-3-4-21(27)15-22;/h3-10,12,14-15,19,32H,11,13,16-17H2,1-2H3;1H. The number of aryl methyl sites for hydroxylation is 1. The van der Waals surface area contributed by atoms with Crippen molar-refractivity contribution in [1.29, 1.82) is 0 Å². The van der Waals surface area contributed by atoms with E-state index in [9.17, 15) is 14.3 Å². The molecule has 6 nitrogen and oxygen atoms in total. The van der Waals surface area contributed by atoms with E-state index in [4.69, 9.17) is 0 Å². The van der Waals surface area contributed by atoms with Crippen LogP contribution in [0.3, 0.4) is 0 Å². The maximum Gasteiger partial charge on any atom is 0.251 e. The Morgan fingerprint density at radius 1 is 1.21 bits per heavy atom. The summed E-state index contributed by atoms with van der Waals surface area (Å²) in [5, 5.41) is 14.7. The van der Waals surface area contributed by atoms with Gasteiger partial charge in [-0.2, -0.15) is 5.10 Å². The number of carbonyl (C=O) groups excluding carboxylic acids is 1. The molecule has 5 rings (SSSR count). The molecule has 2 atom stereocenters. The van der Waals surface area contributed by atoms with Crippen LogP contribution < -0.4 is 4.90 Å². The van der Waals surface area contributed by atoms with Crippen LogP contribution in [0.25, 0.3) is 5.69 Å². The summed E-state index contributed by atoms with van der Waals surface area (Å²) in [6, 6.07) is 14.0. The van der Waals surface area contributed by atoms with Crippen LogP contribution >= 0.6 is 12.4 Å². The quantitative estimate of drug-likeness (QED) is 0.581. The van der Waals surface area contributed by atoms with Gasteiger partial charge in [0.25, 0.3) is 5.91 Å². The van der Waals surface area contributed by atoms with Gasteiger partial charge in [-0.3, -0.25) is 14.6 Å². The fourth-order valence-electron chi connectivity index (χ4n) is 5.18. The lowest BCUT2D eigenvalue weighted by atomic mass is 9.82. The smallest absolute Gasteiger partial charge is 0.251 e. The van der Waals surface area contributed by atoms with E-state index in [1.807, 2.05) is 31.2 Å². The van der Waals surface area contributed by atoms with Crippen molar-refractivity contribution in [2.45, 2.75) is 44.8 Å². The summed E-state index contributed by atoms with van der Waals surface area (Å²) in [4.78, 5) is 16.9. The van der Waals surface area contributed by atoms with E-state index in [1.165, 1.54) is 12.1 Å². The van der Waals surface area contributed by atoms with Gasteiger partial charge < -0.3 is 5.11 Å². The summed E-state index contributed by atoms with van der Waals surface area (Å²) in [5.74, 6) is -0.251. The van der Waals surface area contributed by atoms with Crippen LogP contribution in [-0.4, -0.2) is 43.8 Å². The molecule has 3 heterocycles. The number of aromatic hydroxyl groups is 1. The molecule has 1 saturated heterocycles. The van der Waals surface area contributed by atoms with Crippen LogP contribution in [0.5, 0.6) is 5.75 Å². The van der Waals surface area contributed by atoms with Crippen molar-refractivity contribution in [1.82, 2.24) is 14.7 Å². The zero-order valence-corrected chi connectivity index (χ0v) is 20.0. The Labute approximate surface area is 204 Å². The highest BCUT2D eigenvalue weighted by molar-refractivity contribution is 6.06. The normalized spacial score (nSPS) is 22.4. The number of piperidine rings is 1. The van der Waals surface area contributed by atoms with Crippen LogP contribution in [0.2, 0.25) is 0 Å².